The molecule has 1 heterocycles. The van der Waals surface area contributed by atoms with E-state index >= 15 is 0 Å². The van der Waals surface area contributed by atoms with Crippen molar-refractivity contribution in [3.05, 3.63) is 60.7 Å². The summed E-state index contributed by atoms with van der Waals surface area (Å²) in [6, 6.07) is 17.8. The molecule has 0 unspecified atom stereocenters. The van der Waals surface area contributed by atoms with Crippen LogP contribution in [0.2, 0.25) is 0 Å². The van der Waals surface area contributed by atoms with E-state index < -0.39 is 0 Å². The Hall–Kier alpha value is -2.88. The Balaban J connectivity index is 2.25. The Labute approximate surface area is 115 Å². The SMILES string of the molecule is Oc1c(-c2ccccc2)c(O)n(-c2ccccc2)c1O. The van der Waals surface area contributed by atoms with Gasteiger partial charge in [-0.2, -0.15) is 0 Å². The number of aromatic nitrogens is 1. The minimum Gasteiger partial charge on any atom is -0.503 e. The van der Waals surface area contributed by atoms with Crippen molar-refractivity contribution < 1.29 is 15.3 Å². The predicted molar refractivity (Wildman–Crippen MR) is 76.2 cm³/mol. The first-order valence-corrected chi connectivity index (χ1v) is 6.16. The molecule has 100 valence electrons. The molecule has 3 rings (SSSR count). The smallest absolute Gasteiger partial charge is 0.242 e. The van der Waals surface area contributed by atoms with Crippen molar-refractivity contribution in [3.8, 4) is 34.3 Å². The van der Waals surface area contributed by atoms with Crippen LogP contribution in [0, 0.1) is 0 Å². The van der Waals surface area contributed by atoms with Crippen LogP contribution < -0.4 is 0 Å². The first-order chi connectivity index (χ1) is 9.70. The summed E-state index contributed by atoms with van der Waals surface area (Å²) in [6.45, 7) is 0. The van der Waals surface area contributed by atoms with E-state index in [9.17, 15) is 15.3 Å². The van der Waals surface area contributed by atoms with Crippen LogP contribution in [-0.2, 0) is 0 Å². The average molecular weight is 267 g/mol. The average Bonchev–Trinajstić information content (AvgIpc) is 2.71. The van der Waals surface area contributed by atoms with Crippen LogP contribution in [0.15, 0.2) is 60.7 Å². The van der Waals surface area contributed by atoms with Gasteiger partial charge in [0.2, 0.25) is 11.8 Å². The summed E-state index contributed by atoms with van der Waals surface area (Å²) in [5, 5.41) is 30.5. The highest BCUT2D eigenvalue weighted by Crippen LogP contribution is 2.47. The second kappa shape index (κ2) is 4.66. The number of hydrogen-bond acceptors (Lipinski definition) is 3. The van der Waals surface area contributed by atoms with Crippen LogP contribution in [0.25, 0.3) is 16.8 Å². The van der Waals surface area contributed by atoms with Gasteiger partial charge < -0.3 is 15.3 Å². The molecule has 0 saturated carbocycles. The maximum atomic E-state index is 10.3. The van der Waals surface area contributed by atoms with E-state index in [4.69, 9.17) is 0 Å². The zero-order valence-corrected chi connectivity index (χ0v) is 10.6. The Morgan fingerprint density at radius 3 is 1.80 bits per heavy atom. The molecule has 0 aliphatic heterocycles. The van der Waals surface area contributed by atoms with Crippen LogP contribution in [0.3, 0.4) is 0 Å². The molecule has 0 amide bonds. The molecule has 0 atom stereocenters. The zero-order chi connectivity index (χ0) is 14.1. The van der Waals surface area contributed by atoms with Gasteiger partial charge in [0, 0.05) is 0 Å². The van der Waals surface area contributed by atoms with Crippen LogP contribution in [-0.4, -0.2) is 19.9 Å². The normalized spacial score (nSPS) is 10.6. The number of para-hydroxylation sites is 1. The van der Waals surface area contributed by atoms with E-state index in [1.54, 1.807) is 48.5 Å². The fourth-order valence-electron chi connectivity index (χ4n) is 2.23. The van der Waals surface area contributed by atoms with Crippen molar-refractivity contribution in [2.24, 2.45) is 0 Å². The Kier molecular flexibility index (Phi) is 2.84. The van der Waals surface area contributed by atoms with Gasteiger partial charge in [0.15, 0.2) is 5.75 Å². The van der Waals surface area contributed by atoms with Gasteiger partial charge >= 0.3 is 0 Å². The molecule has 0 saturated heterocycles. The maximum absolute atomic E-state index is 10.3. The fourth-order valence-corrected chi connectivity index (χ4v) is 2.23. The molecule has 4 heteroatoms. The van der Waals surface area contributed by atoms with Crippen LogP contribution in [0.4, 0.5) is 0 Å². The molecule has 1 aromatic heterocycles. The largest absolute Gasteiger partial charge is 0.503 e. The van der Waals surface area contributed by atoms with Crippen molar-refractivity contribution in [2.45, 2.75) is 0 Å². The van der Waals surface area contributed by atoms with Gasteiger partial charge in [-0.25, -0.2) is 4.57 Å². The number of nitrogens with zero attached hydrogens (tertiary/aromatic N) is 1. The van der Waals surface area contributed by atoms with E-state index in [-0.39, 0.29) is 23.1 Å². The van der Waals surface area contributed by atoms with Gasteiger partial charge in [0.25, 0.3) is 0 Å². The summed E-state index contributed by atoms with van der Waals surface area (Å²) >= 11 is 0. The number of aromatic hydroxyl groups is 3. The van der Waals surface area contributed by atoms with Crippen molar-refractivity contribution in [3.63, 3.8) is 0 Å². The van der Waals surface area contributed by atoms with Gasteiger partial charge in [-0.05, 0) is 17.7 Å². The van der Waals surface area contributed by atoms with Gasteiger partial charge in [-0.1, -0.05) is 48.5 Å². The fraction of sp³-hybridized carbons (Fsp3) is 0. The van der Waals surface area contributed by atoms with Crippen LogP contribution >= 0.6 is 0 Å². The molecular formula is C16H13NO3. The minimum absolute atomic E-state index is 0.197. The van der Waals surface area contributed by atoms with E-state index in [0.29, 0.717) is 11.3 Å². The Morgan fingerprint density at radius 1 is 0.650 bits per heavy atom. The molecule has 0 bridgehead atoms. The van der Waals surface area contributed by atoms with E-state index in [1.165, 1.54) is 4.57 Å². The van der Waals surface area contributed by atoms with E-state index in [0.717, 1.165) is 0 Å². The van der Waals surface area contributed by atoms with Crippen molar-refractivity contribution in [1.29, 1.82) is 0 Å². The molecule has 20 heavy (non-hydrogen) atoms. The number of benzene rings is 2. The Morgan fingerprint density at radius 2 is 1.20 bits per heavy atom. The molecule has 0 radical (unpaired) electrons. The summed E-state index contributed by atoms with van der Waals surface area (Å²) in [6.07, 6.45) is 0. The molecule has 0 spiro atoms. The van der Waals surface area contributed by atoms with Crippen molar-refractivity contribution in [2.75, 3.05) is 0 Å². The number of hydrogen-bond donors (Lipinski definition) is 3. The summed E-state index contributed by atoms with van der Waals surface area (Å²) in [7, 11) is 0. The summed E-state index contributed by atoms with van der Waals surface area (Å²) in [4.78, 5) is 0. The molecule has 4 nitrogen and oxygen atoms in total. The molecule has 0 aliphatic carbocycles. The molecule has 3 N–H and O–H groups in total. The van der Waals surface area contributed by atoms with Crippen LogP contribution in [0.5, 0.6) is 17.5 Å². The van der Waals surface area contributed by atoms with E-state index in [2.05, 4.69) is 0 Å². The van der Waals surface area contributed by atoms with Gasteiger partial charge in [0.1, 0.15) is 0 Å². The zero-order valence-electron chi connectivity index (χ0n) is 10.6. The molecule has 0 fully saturated rings. The lowest BCUT2D eigenvalue weighted by Crippen LogP contribution is -1.91. The standard InChI is InChI=1S/C16H13NO3/c18-14-13(11-7-3-1-4-8-11)15(19)17(16(14)20)12-9-5-2-6-10-12/h1-10,18-20H. The summed E-state index contributed by atoms with van der Waals surface area (Å²) in [5.74, 6) is -0.914. The first kappa shape index (κ1) is 12.2. The van der Waals surface area contributed by atoms with Crippen molar-refractivity contribution in [1.82, 2.24) is 4.57 Å². The van der Waals surface area contributed by atoms with Gasteiger partial charge in [-0.3, -0.25) is 0 Å². The minimum atomic E-state index is -0.382. The predicted octanol–water partition coefficient (Wildman–Crippen LogP) is 3.26. The summed E-state index contributed by atoms with van der Waals surface area (Å²) < 4.78 is 1.21. The highest BCUT2D eigenvalue weighted by molar-refractivity contribution is 5.79. The Bertz CT molecular complexity index is 670. The lowest BCUT2D eigenvalue weighted by Gasteiger charge is -2.06. The molecule has 3 aromatic rings. The first-order valence-electron chi connectivity index (χ1n) is 6.16. The third kappa shape index (κ3) is 1.78. The topological polar surface area (TPSA) is 65.6 Å². The maximum Gasteiger partial charge on any atom is 0.242 e. The highest BCUT2D eigenvalue weighted by atomic mass is 16.3. The molecule has 2 aromatic carbocycles. The van der Waals surface area contributed by atoms with Crippen LogP contribution in [0.1, 0.15) is 0 Å². The lowest BCUT2D eigenvalue weighted by molar-refractivity contribution is 0.377. The summed E-state index contributed by atoms with van der Waals surface area (Å²) in [5.41, 5.74) is 1.42. The van der Waals surface area contributed by atoms with E-state index in [1.807, 2.05) is 12.1 Å². The second-order valence-corrected chi connectivity index (χ2v) is 4.41. The van der Waals surface area contributed by atoms with Gasteiger partial charge in [0.05, 0.1) is 11.3 Å². The number of rotatable bonds is 2. The molecular weight excluding hydrogens is 254 g/mol. The second-order valence-electron chi connectivity index (χ2n) is 4.41. The third-order valence-electron chi connectivity index (χ3n) is 3.17. The monoisotopic (exact) mass is 267 g/mol. The van der Waals surface area contributed by atoms with Gasteiger partial charge in [-0.15, -0.1) is 0 Å². The third-order valence-corrected chi connectivity index (χ3v) is 3.17. The highest BCUT2D eigenvalue weighted by Gasteiger charge is 2.23. The lowest BCUT2D eigenvalue weighted by atomic mass is 10.1. The molecule has 0 aliphatic rings. The quantitative estimate of drug-likeness (QED) is 0.667. The van der Waals surface area contributed by atoms with Crippen molar-refractivity contribution >= 4 is 0 Å².